The van der Waals surface area contributed by atoms with Gasteiger partial charge < -0.3 is 9.64 Å². The molecule has 8 nitrogen and oxygen atoms in total. The average molecular weight is 434 g/mol. The smallest absolute Gasteiger partial charge is 0.355 e. The Morgan fingerprint density at radius 3 is 2.22 bits per heavy atom. The maximum absolute atomic E-state index is 12.5. The molecule has 2 aromatic rings. The van der Waals surface area contributed by atoms with E-state index in [1.807, 2.05) is 24.3 Å². The SMILES string of the molecule is O=C(OCC(=O)N1CCN(Cc2ccccc2)CC1)C1=NN(c2ccccc2)C(=O)CC1. The zero-order chi connectivity index (χ0) is 22.3. The van der Waals surface area contributed by atoms with E-state index >= 15 is 0 Å². The minimum absolute atomic E-state index is 0.147. The minimum Gasteiger partial charge on any atom is -0.451 e. The number of hydrogen-bond donors (Lipinski definition) is 0. The minimum atomic E-state index is -0.658. The molecule has 0 N–H and O–H groups in total. The van der Waals surface area contributed by atoms with Gasteiger partial charge in [-0.15, -0.1) is 0 Å². The Bertz CT molecular complexity index is 986. The van der Waals surface area contributed by atoms with E-state index in [0.29, 0.717) is 18.8 Å². The van der Waals surface area contributed by atoms with Crippen LogP contribution in [0.4, 0.5) is 5.69 Å². The number of piperazine rings is 1. The second kappa shape index (κ2) is 10.2. The molecule has 8 heteroatoms. The first-order chi connectivity index (χ1) is 15.6. The van der Waals surface area contributed by atoms with Crippen LogP contribution in [0, 0.1) is 0 Å². The third-order valence-electron chi connectivity index (χ3n) is 5.57. The summed E-state index contributed by atoms with van der Waals surface area (Å²) >= 11 is 0. The topological polar surface area (TPSA) is 82.5 Å². The fraction of sp³-hybridized carbons (Fsp3) is 0.333. The zero-order valence-corrected chi connectivity index (χ0v) is 17.9. The number of carbonyl (C=O) groups excluding carboxylic acids is 3. The lowest BCUT2D eigenvalue weighted by atomic mass is 10.1. The number of nitrogens with zero attached hydrogens (tertiary/aromatic N) is 4. The molecular weight excluding hydrogens is 408 g/mol. The van der Waals surface area contributed by atoms with Crippen LogP contribution in [0.5, 0.6) is 0 Å². The number of carbonyl (C=O) groups is 3. The predicted octanol–water partition coefficient (Wildman–Crippen LogP) is 2.06. The molecule has 1 fully saturated rings. The molecule has 0 atom stereocenters. The van der Waals surface area contributed by atoms with E-state index in [0.717, 1.165) is 19.6 Å². The molecule has 0 unspecified atom stereocenters. The van der Waals surface area contributed by atoms with Gasteiger partial charge in [-0.05, 0) is 17.7 Å². The number of ether oxygens (including phenoxy) is 1. The summed E-state index contributed by atoms with van der Waals surface area (Å²) in [4.78, 5) is 41.2. The Balaban J connectivity index is 1.26. The first-order valence-corrected chi connectivity index (χ1v) is 10.8. The van der Waals surface area contributed by atoms with Crippen molar-refractivity contribution in [1.29, 1.82) is 0 Å². The van der Waals surface area contributed by atoms with Crippen LogP contribution < -0.4 is 5.01 Å². The molecule has 2 aliphatic rings. The van der Waals surface area contributed by atoms with E-state index in [1.54, 1.807) is 29.2 Å². The monoisotopic (exact) mass is 434 g/mol. The molecule has 0 spiro atoms. The van der Waals surface area contributed by atoms with E-state index in [9.17, 15) is 14.4 Å². The van der Waals surface area contributed by atoms with Gasteiger partial charge in [0.15, 0.2) is 6.61 Å². The lowest BCUT2D eigenvalue weighted by molar-refractivity contribution is -0.148. The van der Waals surface area contributed by atoms with Gasteiger partial charge in [0, 0.05) is 45.6 Å². The van der Waals surface area contributed by atoms with E-state index in [2.05, 4.69) is 22.1 Å². The second-order valence-electron chi connectivity index (χ2n) is 7.81. The van der Waals surface area contributed by atoms with Crippen molar-refractivity contribution in [3.05, 3.63) is 66.2 Å². The van der Waals surface area contributed by atoms with Crippen molar-refractivity contribution in [3.63, 3.8) is 0 Å². The standard InChI is InChI=1S/C24H26N4O4/c29-22-12-11-21(25-28(22)20-9-5-2-6-10-20)24(31)32-18-23(30)27-15-13-26(14-16-27)17-19-7-3-1-4-8-19/h1-10H,11-18H2. The summed E-state index contributed by atoms with van der Waals surface area (Å²) in [6.45, 7) is 3.27. The number of hydrazone groups is 1. The first kappa shape index (κ1) is 21.7. The normalized spacial score (nSPS) is 17.1. The van der Waals surface area contributed by atoms with Crippen molar-refractivity contribution in [1.82, 2.24) is 9.80 Å². The second-order valence-corrected chi connectivity index (χ2v) is 7.81. The molecule has 2 heterocycles. The molecule has 0 radical (unpaired) electrons. The Morgan fingerprint density at radius 2 is 1.53 bits per heavy atom. The number of amides is 2. The van der Waals surface area contributed by atoms with Gasteiger partial charge in [0.05, 0.1) is 5.69 Å². The van der Waals surface area contributed by atoms with Crippen LogP contribution in [0.1, 0.15) is 18.4 Å². The predicted molar refractivity (Wildman–Crippen MR) is 120 cm³/mol. The molecule has 32 heavy (non-hydrogen) atoms. The summed E-state index contributed by atoms with van der Waals surface area (Å²) in [5, 5.41) is 5.38. The van der Waals surface area contributed by atoms with Crippen molar-refractivity contribution >= 4 is 29.2 Å². The summed E-state index contributed by atoms with van der Waals surface area (Å²) < 4.78 is 5.23. The molecule has 2 aliphatic heterocycles. The van der Waals surface area contributed by atoms with Crippen LogP contribution in [0.15, 0.2) is 65.8 Å². The molecule has 0 aliphatic carbocycles. The van der Waals surface area contributed by atoms with Crippen LogP contribution in [0.25, 0.3) is 0 Å². The third-order valence-corrected chi connectivity index (χ3v) is 5.57. The molecule has 1 saturated heterocycles. The fourth-order valence-corrected chi connectivity index (χ4v) is 3.77. The van der Waals surface area contributed by atoms with Crippen LogP contribution >= 0.6 is 0 Å². The van der Waals surface area contributed by atoms with Crippen molar-refractivity contribution in [2.45, 2.75) is 19.4 Å². The van der Waals surface area contributed by atoms with E-state index in [4.69, 9.17) is 4.74 Å². The summed E-state index contributed by atoms with van der Waals surface area (Å²) in [6.07, 6.45) is 0.369. The van der Waals surface area contributed by atoms with Crippen LogP contribution in [0.3, 0.4) is 0 Å². The Kier molecular flexibility index (Phi) is 6.91. The molecule has 0 bridgehead atoms. The lowest BCUT2D eigenvalue weighted by Crippen LogP contribution is -2.49. The summed E-state index contributed by atoms with van der Waals surface area (Å²) in [7, 11) is 0. The highest BCUT2D eigenvalue weighted by molar-refractivity contribution is 6.38. The fourth-order valence-electron chi connectivity index (χ4n) is 3.77. The number of esters is 1. The van der Waals surface area contributed by atoms with Crippen LogP contribution in [0.2, 0.25) is 0 Å². The van der Waals surface area contributed by atoms with Gasteiger partial charge >= 0.3 is 5.97 Å². The highest BCUT2D eigenvalue weighted by Crippen LogP contribution is 2.20. The third kappa shape index (κ3) is 5.39. The Morgan fingerprint density at radius 1 is 0.875 bits per heavy atom. The van der Waals surface area contributed by atoms with Gasteiger partial charge in [-0.2, -0.15) is 5.10 Å². The number of anilines is 1. The molecule has 0 saturated carbocycles. The number of para-hydroxylation sites is 1. The highest BCUT2D eigenvalue weighted by atomic mass is 16.5. The Hall–Kier alpha value is -3.52. The van der Waals surface area contributed by atoms with Gasteiger partial charge in [0.25, 0.3) is 5.91 Å². The molecule has 0 aromatic heterocycles. The van der Waals surface area contributed by atoms with Crippen molar-refractivity contribution in [2.24, 2.45) is 5.10 Å². The molecular formula is C24H26N4O4. The largest absolute Gasteiger partial charge is 0.451 e. The zero-order valence-electron chi connectivity index (χ0n) is 17.9. The number of rotatable bonds is 6. The highest BCUT2D eigenvalue weighted by Gasteiger charge is 2.28. The molecule has 166 valence electrons. The van der Waals surface area contributed by atoms with E-state index in [-0.39, 0.29) is 37.0 Å². The maximum Gasteiger partial charge on any atom is 0.355 e. The summed E-state index contributed by atoms with van der Waals surface area (Å²) in [5.74, 6) is -1.06. The van der Waals surface area contributed by atoms with Gasteiger partial charge in [0.2, 0.25) is 5.91 Å². The van der Waals surface area contributed by atoms with E-state index < -0.39 is 5.97 Å². The maximum atomic E-state index is 12.5. The van der Waals surface area contributed by atoms with Crippen LogP contribution in [-0.4, -0.2) is 66.1 Å². The quantitative estimate of drug-likeness (QED) is 0.650. The van der Waals surface area contributed by atoms with Crippen LogP contribution in [-0.2, 0) is 25.7 Å². The first-order valence-electron chi connectivity index (χ1n) is 10.8. The van der Waals surface area contributed by atoms with Gasteiger partial charge in [-0.3, -0.25) is 14.5 Å². The average Bonchev–Trinajstić information content (AvgIpc) is 2.84. The number of hydrogen-bond acceptors (Lipinski definition) is 6. The molecule has 2 aromatic carbocycles. The van der Waals surface area contributed by atoms with E-state index in [1.165, 1.54) is 10.6 Å². The van der Waals surface area contributed by atoms with Crippen molar-refractivity contribution in [3.8, 4) is 0 Å². The van der Waals surface area contributed by atoms with Gasteiger partial charge in [-0.1, -0.05) is 48.5 Å². The molecule has 2 amide bonds. The molecule has 4 rings (SSSR count). The lowest BCUT2D eigenvalue weighted by Gasteiger charge is -2.34. The van der Waals surface area contributed by atoms with Crippen molar-refractivity contribution < 1.29 is 19.1 Å². The summed E-state index contributed by atoms with van der Waals surface area (Å²) in [5.41, 5.74) is 1.98. The Labute approximate surface area is 187 Å². The van der Waals surface area contributed by atoms with Gasteiger partial charge in [0.1, 0.15) is 5.71 Å². The number of benzene rings is 2. The van der Waals surface area contributed by atoms with Gasteiger partial charge in [-0.25, -0.2) is 9.80 Å². The van der Waals surface area contributed by atoms with Crippen molar-refractivity contribution in [2.75, 3.05) is 37.8 Å². The summed E-state index contributed by atoms with van der Waals surface area (Å²) in [6, 6.07) is 19.2.